The maximum atomic E-state index is 13.0. The summed E-state index contributed by atoms with van der Waals surface area (Å²) in [5, 5.41) is 0.955. The molecule has 110 valence electrons. The second-order valence-corrected chi connectivity index (χ2v) is 6.66. The van der Waals surface area contributed by atoms with Gasteiger partial charge >= 0.3 is 0 Å². The lowest BCUT2D eigenvalue weighted by molar-refractivity contribution is 0.619. The molecule has 1 aliphatic carbocycles. The predicted octanol–water partition coefficient (Wildman–Crippen LogP) is 4.81. The lowest BCUT2D eigenvalue weighted by Crippen LogP contribution is -2.10. The van der Waals surface area contributed by atoms with Gasteiger partial charge in [-0.05, 0) is 60.7 Å². The standard InChI is InChI=1S/C18H15FN2S/c19-14-6-4-12(5-7-14)18-21-11-17(22-18)16-3-1-2-13-10-20-9-8-15(13)16/h4-11,16H,1-3H2. The van der Waals surface area contributed by atoms with E-state index in [2.05, 4.69) is 16.0 Å². The van der Waals surface area contributed by atoms with E-state index >= 15 is 0 Å². The molecule has 2 heterocycles. The van der Waals surface area contributed by atoms with Crippen LogP contribution in [0.25, 0.3) is 10.6 Å². The number of fused-ring (bicyclic) bond motifs is 1. The van der Waals surface area contributed by atoms with Crippen LogP contribution in [0.1, 0.15) is 34.8 Å². The molecule has 2 nitrogen and oxygen atoms in total. The molecule has 0 aliphatic heterocycles. The quantitative estimate of drug-likeness (QED) is 0.678. The minimum Gasteiger partial charge on any atom is -0.264 e. The van der Waals surface area contributed by atoms with Crippen molar-refractivity contribution in [3.63, 3.8) is 0 Å². The van der Waals surface area contributed by atoms with Gasteiger partial charge in [0.15, 0.2) is 0 Å². The van der Waals surface area contributed by atoms with E-state index in [0.29, 0.717) is 5.92 Å². The van der Waals surface area contributed by atoms with E-state index in [1.165, 1.54) is 34.6 Å². The molecule has 1 atom stereocenters. The molecule has 0 bridgehead atoms. The molecule has 0 spiro atoms. The number of thiazole rings is 1. The Bertz CT molecular complexity index is 795. The Hall–Kier alpha value is -2.07. The van der Waals surface area contributed by atoms with Gasteiger partial charge in [0.05, 0.1) is 0 Å². The average Bonchev–Trinajstić information content (AvgIpc) is 3.05. The van der Waals surface area contributed by atoms with Gasteiger partial charge in [0, 0.05) is 34.9 Å². The number of hydrogen-bond donors (Lipinski definition) is 0. The highest BCUT2D eigenvalue weighted by atomic mass is 32.1. The van der Waals surface area contributed by atoms with Crippen LogP contribution in [0.5, 0.6) is 0 Å². The lowest BCUT2D eigenvalue weighted by Gasteiger charge is -2.23. The van der Waals surface area contributed by atoms with Gasteiger partial charge in [-0.1, -0.05) is 0 Å². The van der Waals surface area contributed by atoms with E-state index in [-0.39, 0.29) is 5.82 Å². The summed E-state index contributed by atoms with van der Waals surface area (Å²) in [5.41, 5.74) is 3.72. The van der Waals surface area contributed by atoms with Gasteiger partial charge in [0.2, 0.25) is 0 Å². The van der Waals surface area contributed by atoms with Crippen molar-refractivity contribution in [1.82, 2.24) is 9.97 Å². The normalized spacial score (nSPS) is 17.2. The highest BCUT2D eigenvalue weighted by Crippen LogP contribution is 2.40. The zero-order chi connectivity index (χ0) is 14.9. The van der Waals surface area contributed by atoms with E-state index in [9.17, 15) is 4.39 Å². The third kappa shape index (κ3) is 2.44. The van der Waals surface area contributed by atoms with E-state index < -0.39 is 0 Å². The van der Waals surface area contributed by atoms with Gasteiger partial charge in [0.25, 0.3) is 0 Å². The molecule has 22 heavy (non-hydrogen) atoms. The van der Waals surface area contributed by atoms with Crippen LogP contribution in [0.2, 0.25) is 0 Å². The Balaban J connectivity index is 1.69. The lowest BCUT2D eigenvalue weighted by atomic mass is 9.83. The van der Waals surface area contributed by atoms with Crippen LogP contribution < -0.4 is 0 Å². The number of nitrogens with zero attached hydrogens (tertiary/aromatic N) is 2. The van der Waals surface area contributed by atoms with E-state index in [4.69, 9.17) is 0 Å². The van der Waals surface area contributed by atoms with E-state index in [0.717, 1.165) is 23.4 Å². The first kappa shape index (κ1) is 13.6. The van der Waals surface area contributed by atoms with Gasteiger partial charge in [0.1, 0.15) is 10.8 Å². The van der Waals surface area contributed by atoms with Crippen molar-refractivity contribution in [3.8, 4) is 10.6 Å². The molecular formula is C18H15FN2S. The van der Waals surface area contributed by atoms with Crippen LogP contribution in [0.4, 0.5) is 4.39 Å². The van der Waals surface area contributed by atoms with Crippen molar-refractivity contribution in [2.45, 2.75) is 25.2 Å². The summed E-state index contributed by atoms with van der Waals surface area (Å²) in [6, 6.07) is 8.68. The smallest absolute Gasteiger partial charge is 0.123 e. The van der Waals surface area contributed by atoms with Crippen molar-refractivity contribution >= 4 is 11.3 Å². The minimum atomic E-state index is -0.214. The predicted molar refractivity (Wildman–Crippen MR) is 86.5 cm³/mol. The molecule has 1 aliphatic rings. The monoisotopic (exact) mass is 310 g/mol. The highest BCUT2D eigenvalue weighted by molar-refractivity contribution is 7.15. The number of halogens is 1. The maximum absolute atomic E-state index is 13.0. The Morgan fingerprint density at radius 1 is 1.09 bits per heavy atom. The van der Waals surface area contributed by atoms with Crippen LogP contribution in [0.15, 0.2) is 48.9 Å². The molecule has 0 amide bonds. The molecule has 1 aromatic carbocycles. The Morgan fingerprint density at radius 3 is 2.82 bits per heavy atom. The third-order valence-electron chi connectivity index (χ3n) is 4.21. The molecular weight excluding hydrogens is 295 g/mol. The molecule has 0 saturated carbocycles. The first-order valence-electron chi connectivity index (χ1n) is 7.46. The number of aryl methyl sites for hydroxylation is 1. The molecule has 1 unspecified atom stereocenters. The van der Waals surface area contributed by atoms with Crippen molar-refractivity contribution in [3.05, 3.63) is 70.7 Å². The number of hydrogen-bond acceptors (Lipinski definition) is 3. The van der Waals surface area contributed by atoms with Gasteiger partial charge < -0.3 is 0 Å². The maximum Gasteiger partial charge on any atom is 0.123 e. The fourth-order valence-corrected chi connectivity index (χ4v) is 4.18. The fourth-order valence-electron chi connectivity index (χ4n) is 3.11. The first-order chi connectivity index (χ1) is 10.8. The SMILES string of the molecule is Fc1ccc(-c2ncc(C3CCCc4cnccc43)s2)cc1. The van der Waals surface area contributed by atoms with Crippen LogP contribution in [-0.4, -0.2) is 9.97 Å². The van der Waals surface area contributed by atoms with Gasteiger partial charge in [-0.3, -0.25) is 4.98 Å². The summed E-state index contributed by atoms with van der Waals surface area (Å²) in [6.07, 6.45) is 9.30. The summed E-state index contributed by atoms with van der Waals surface area (Å²) >= 11 is 1.71. The molecule has 0 fully saturated rings. The Kier molecular flexibility index (Phi) is 3.47. The first-order valence-corrected chi connectivity index (χ1v) is 8.27. The van der Waals surface area contributed by atoms with Gasteiger partial charge in [-0.2, -0.15) is 0 Å². The number of benzene rings is 1. The molecule has 0 radical (unpaired) electrons. The largest absolute Gasteiger partial charge is 0.264 e. The second kappa shape index (κ2) is 5.61. The summed E-state index contributed by atoms with van der Waals surface area (Å²) in [6.45, 7) is 0. The van der Waals surface area contributed by atoms with Gasteiger partial charge in [-0.25, -0.2) is 9.37 Å². The zero-order valence-corrected chi connectivity index (χ0v) is 12.8. The van der Waals surface area contributed by atoms with Crippen molar-refractivity contribution < 1.29 is 4.39 Å². The Morgan fingerprint density at radius 2 is 1.95 bits per heavy atom. The number of aromatic nitrogens is 2. The molecule has 4 rings (SSSR count). The molecule has 0 N–H and O–H groups in total. The van der Waals surface area contributed by atoms with E-state index in [1.54, 1.807) is 23.5 Å². The highest BCUT2D eigenvalue weighted by Gasteiger charge is 2.23. The Labute approximate surface area is 132 Å². The molecule has 0 saturated heterocycles. The van der Waals surface area contributed by atoms with Crippen molar-refractivity contribution in [2.75, 3.05) is 0 Å². The van der Waals surface area contributed by atoms with Crippen LogP contribution in [0, 0.1) is 5.82 Å². The van der Waals surface area contributed by atoms with Crippen LogP contribution in [-0.2, 0) is 6.42 Å². The van der Waals surface area contributed by atoms with Crippen LogP contribution in [0.3, 0.4) is 0 Å². The minimum absolute atomic E-state index is 0.214. The summed E-state index contributed by atoms with van der Waals surface area (Å²) in [5.74, 6) is 0.202. The average molecular weight is 310 g/mol. The van der Waals surface area contributed by atoms with Gasteiger partial charge in [-0.15, -0.1) is 11.3 Å². The van der Waals surface area contributed by atoms with Crippen LogP contribution >= 0.6 is 11.3 Å². The summed E-state index contributed by atoms with van der Waals surface area (Å²) < 4.78 is 13.0. The third-order valence-corrected chi connectivity index (χ3v) is 5.37. The zero-order valence-electron chi connectivity index (χ0n) is 12.0. The molecule has 4 heteroatoms. The van der Waals surface area contributed by atoms with Crippen molar-refractivity contribution in [1.29, 1.82) is 0 Å². The summed E-state index contributed by atoms with van der Waals surface area (Å²) in [7, 11) is 0. The molecule has 2 aromatic heterocycles. The number of rotatable bonds is 2. The van der Waals surface area contributed by atoms with Crippen molar-refractivity contribution in [2.24, 2.45) is 0 Å². The second-order valence-electron chi connectivity index (χ2n) is 5.59. The fraction of sp³-hybridized carbons (Fsp3) is 0.222. The molecule has 3 aromatic rings. The number of pyridine rings is 1. The van der Waals surface area contributed by atoms with E-state index in [1.807, 2.05) is 18.6 Å². The topological polar surface area (TPSA) is 25.8 Å². The summed E-state index contributed by atoms with van der Waals surface area (Å²) in [4.78, 5) is 10.1.